The molecule has 0 fully saturated rings. The highest BCUT2D eigenvalue weighted by molar-refractivity contribution is 5.26. The Morgan fingerprint density at radius 1 is 0.947 bits per heavy atom. The third-order valence-electron chi connectivity index (χ3n) is 3.49. The molecule has 0 aliphatic rings. The number of ether oxygens (including phenoxy) is 1. The molecule has 100 valence electrons. The zero-order chi connectivity index (χ0) is 13.5. The Bertz CT molecular complexity index is 490. The first-order chi connectivity index (χ1) is 9.29. The SMILES string of the molecule is CCC(Cc1ccccc1C)OCc1ccccc1. The largest absolute Gasteiger partial charge is 0.373 e. The fourth-order valence-electron chi connectivity index (χ4n) is 2.19. The lowest BCUT2D eigenvalue weighted by atomic mass is 10.0. The highest BCUT2D eigenvalue weighted by Gasteiger charge is 2.09. The van der Waals surface area contributed by atoms with E-state index in [1.54, 1.807) is 0 Å². The summed E-state index contributed by atoms with van der Waals surface area (Å²) in [5, 5.41) is 0. The number of aryl methyl sites for hydroxylation is 1. The molecule has 1 heteroatoms. The molecule has 1 atom stereocenters. The van der Waals surface area contributed by atoms with Crippen LogP contribution >= 0.6 is 0 Å². The molecule has 0 amide bonds. The molecule has 0 aliphatic carbocycles. The van der Waals surface area contributed by atoms with E-state index < -0.39 is 0 Å². The van der Waals surface area contributed by atoms with Crippen molar-refractivity contribution in [3.8, 4) is 0 Å². The Balaban J connectivity index is 1.92. The highest BCUT2D eigenvalue weighted by atomic mass is 16.5. The Labute approximate surface area is 116 Å². The van der Waals surface area contributed by atoms with Crippen LogP contribution in [0.25, 0.3) is 0 Å². The van der Waals surface area contributed by atoms with Crippen LogP contribution in [0.4, 0.5) is 0 Å². The van der Waals surface area contributed by atoms with Crippen molar-refractivity contribution in [2.24, 2.45) is 0 Å². The molecular weight excluding hydrogens is 232 g/mol. The van der Waals surface area contributed by atoms with Gasteiger partial charge in [0.1, 0.15) is 0 Å². The number of hydrogen-bond donors (Lipinski definition) is 0. The molecule has 2 rings (SSSR count). The van der Waals surface area contributed by atoms with Crippen molar-refractivity contribution in [2.75, 3.05) is 0 Å². The van der Waals surface area contributed by atoms with Gasteiger partial charge in [-0.05, 0) is 36.5 Å². The predicted octanol–water partition coefficient (Wildman–Crippen LogP) is 4.53. The van der Waals surface area contributed by atoms with E-state index in [4.69, 9.17) is 4.74 Å². The summed E-state index contributed by atoms with van der Waals surface area (Å²) in [7, 11) is 0. The Kier molecular flexibility index (Phi) is 5.17. The summed E-state index contributed by atoms with van der Waals surface area (Å²) in [5.41, 5.74) is 3.98. The summed E-state index contributed by atoms with van der Waals surface area (Å²) in [4.78, 5) is 0. The van der Waals surface area contributed by atoms with Gasteiger partial charge >= 0.3 is 0 Å². The van der Waals surface area contributed by atoms with Crippen molar-refractivity contribution in [3.05, 3.63) is 71.3 Å². The second-order valence-electron chi connectivity index (χ2n) is 4.96. The quantitative estimate of drug-likeness (QED) is 0.735. The molecule has 0 aromatic heterocycles. The minimum atomic E-state index is 0.293. The number of hydrogen-bond acceptors (Lipinski definition) is 1. The van der Waals surface area contributed by atoms with E-state index in [0.29, 0.717) is 12.7 Å². The maximum atomic E-state index is 6.04. The zero-order valence-corrected chi connectivity index (χ0v) is 11.8. The average molecular weight is 254 g/mol. The maximum Gasteiger partial charge on any atom is 0.0720 e. The molecule has 0 aliphatic heterocycles. The summed E-state index contributed by atoms with van der Waals surface area (Å²) in [6.45, 7) is 5.05. The van der Waals surface area contributed by atoms with Gasteiger partial charge in [-0.15, -0.1) is 0 Å². The van der Waals surface area contributed by atoms with Crippen LogP contribution in [0.1, 0.15) is 30.0 Å². The summed E-state index contributed by atoms with van der Waals surface area (Å²) < 4.78 is 6.04. The predicted molar refractivity (Wildman–Crippen MR) is 80.2 cm³/mol. The monoisotopic (exact) mass is 254 g/mol. The Morgan fingerprint density at radius 2 is 1.63 bits per heavy atom. The van der Waals surface area contributed by atoms with E-state index in [2.05, 4.69) is 62.4 Å². The second kappa shape index (κ2) is 7.10. The van der Waals surface area contributed by atoms with Crippen molar-refractivity contribution < 1.29 is 4.74 Å². The van der Waals surface area contributed by atoms with Gasteiger partial charge in [0.15, 0.2) is 0 Å². The smallest absolute Gasteiger partial charge is 0.0720 e. The molecular formula is C18H22O. The second-order valence-corrected chi connectivity index (χ2v) is 4.96. The van der Waals surface area contributed by atoms with E-state index in [1.807, 2.05) is 6.07 Å². The van der Waals surface area contributed by atoms with Gasteiger partial charge in [0.05, 0.1) is 12.7 Å². The Hall–Kier alpha value is -1.60. The lowest BCUT2D eigenvalue weighted by Gasteiger charge is -2.17. The zero-order valence-electron chi connectivity index (χ0n) is 11.8. The van der Waals surface area contributed by atoms with E-state index in [9.17, 15) is 0 Å². The summed E-state index contributed by atoms with van der Waals surface area (Å²) >= 11 is 0. The van der Waals surface area contributed by atoms with Crippen LogP contribution in [-0.2, 0) is 17.8 Å². The third-order valence-corrected chi connectivity index (χ3v) is 3.49. The lowest BCUT2D eigenvalue weighted by molar-refractivity contribution is 0.0384. The van der Waals surface area contributed by atoms with Crippen LogP contribution in [0, 0.1) is 6.92 Å². The van der Waals surface area contributed by atoms with Crippen molar-refractivity contribution in [1.82, 2.24) is 0 Å². The molecule has 1 unspecified atom stereocenters. The Morgan fingerprint density at radius 3 is 2.32 bits per heavy atom. The van der Waals surface area contributed by atoms with Crippen LogP contribution in [0.15, 0.2) is 54.6 Å². The van der Waals surface area contributed by atoms with Gasteiger partial charge in [0.25, 0.3) is 0 Å². The molecule has 0 N–H and O–H groups in total. The molecule has 0 spiro atoms. The average Bonchev–Trinajstić information content (AvgIpc) is 2.46. The topological polar surface area (TPSA) is 9.23 Å². The number of benzene rings is 2. The van der Waals surface area contributed by atoms with Crippen LogP contribution in [-0.4, -0.2) is 6.10 Å². The van der Waals surface area contributed by atoms with Crippen LogP contribution in [0.3, 0.4) is 0 Å². The van der Waals surface area contributed by atoms with Gasteiger partial charge in [0.2, 0.25) is 0 Å². The van der Waals surface area contributed by atoms with Gasteiger partial charge in [-0.25, -0.2) is 0 Å². The van der Waals surface area contributed by atoms with Gasteiger partial charge in [-0.2, -0.15) is 0 Å². The standard InChI is InChI=1S/C18H22O/c1-3-18(13-17-12-8-7-9-15(17)2)19-14-16-10-5-4-6-11-16/h4-12,18H,3,13-14H2,1-2H3. The maximum absolute atomic E-state index is 6.04. The summed E-state index contributed by atoms with van der Waals surface area (Å²) in [6.07, 6.45) is 2.33. The number of rotatable bonds is 6. The van der Waals surface area contributed by atoms with Crippen molar-refractivity contribution in [2.45, 2.75) is 39.4 Å². The summed E-state index contributed by atoms with van der Waals surface area (Å²) in [5.74, 6) is 0. The minimum Gasteiger partial charge on any atom is -0.373 e. The summed E-state index contributed by atoms with van der Waals surface area (Å²) in [6, 6.07) is 18.9. The van der Waals surface area contributed by atoms with E-state index in [0.717, 1.165) is 12.8 Å². The van der Waals surface area contributed by atoms with E-state index >= 15 is 0 Å². The van der Waals surface area contributed by atoms with Crippen molar-refractivity contribution in [1.29, 1.82) is 0 Å². The third kappa shape index (κ3) is 4.22. The van der Waals surface area contributed by atoms with E-state index in [1.165, 1.54) is 16.7 Å². The van der Waals surface area contributed by atoms with Gasteiger partial charge in [-0.3, -0.25) is 0 Å². The molecule has 0 saturated heterocycles. The van der Waals surface area contributed by atoms with Gasteiger partial charge in [-0.1, -0.05) is 61.5 Å². The van der Waals surface area contributed by atoms with Crippen molar-refractivity contribution in [3.63, 3.8) is 0 Å². The molecule has 0 radical (unpaired) electrons. The fraction of sp³-hybridized carbons (Fsp3) is 0.333. The highest BCUT2D eigenvalue weighted by Crippen LogP contribution is 2.15. The van der Waals surface area contributed by atoms with Gasteiger partial charge < -0.3 is 4.74 Å². The fourth-order valence-corrected chi connectivity index (χ4v) is 2.19. The molecule has 0 saturated carbocycles. The molecule has 0 heterocycles. The molecule has 2 aromatic rings. The minimum absolute atomic E-state index is 0.293. The van der Waals surface area contributed by atoms with Crippen LogP contribution in [0.5, 0.6) is 0 Å². The van der Waals surface area contributed by atoms with E-state index in [-0.39, 0.29) is 0 Å². The van der Waals surface area contributed by atoms with Crippen LogP contribution < -0.4 is 0 Å². The first kappa shape index (κ1) is 13.8. The molecule has 19 heavy (non-hydrogen) atoms. The molecule has 2 aromatic carbocycles. The molecule has 0 bridgehead atoms. The van der Waals surface area contributed by atoms with Gasteiger partial charge in [0, 0.05) is 0 Å². The molecule has 1 nitrogen and oxygen atoms in total. The first-order valence-electron chi connectivity index (χ1n) is 6.99. The van der Waals surface area contributed by atoms with Crippen LogP contribution in [0.2, 0.25) is 0 Å². The lowest BCUT2D eigenvalue weighted by Crippen LogP contribution is -2.15. The normalized spacial score (nSPS) is 12.3. The first-order valence-corrected chi connectivity index (χ1v) is 6.99. The van der Waals surface area contributed by atoms with Crippen molar-refractivity contribution >= 4 is 0 Å².